The highest BCUT2D eigenvalue weighted by Crippen LogP contribution is 2.47. The summed E-state index contributed by atoms with van der Waals surface area (Å²) < 4.78 is 10.2. The van der Waals surface area contributed by atoms with E-state index in [2.05, 4.69) is 179 Å². The van der Waals surface area contributed by atoms with E-state index in [0.29, 0.717) is 0 Å². The number of para-hydroxylation sites is 1. The zero-order chi connectivity index (χ0) is 36.2. The Bertz CT molecular complexity index is 4060. The average molecular weight is 745 g/mol. The standard InChI is InChI=1S/C52H28N2S2/c1-4-12-34-31(9-1)27-53-42-15-7-5-13-36(42)48-40(51(34)53)21-20-35-41-25-29(18-23-45(41)56-52(35)48)30-17-19-37-43(26-30)54-28-32-10-2-3-11-33(32)50(54)39-22-24-46-49(47(37)39)38-14-6-8-16-44(38)55-46/h1-28H. The molecular formula is C52H28N2S2. The maximum Gasteiger partial charge on any atom is 0.0614 e. The molecule has 8 aromatic carbocycles. The van der Waals surface area contributed by atoms with Crippen LogP contribution in [0.2, 0.25) is 0 Å². The molecular weight excluding hydrogens is 717 g/mol. The Labute approximate surface area is 327 Å². The van der Waals surface area contributed by atoms with E-state index in [1.165, 1.54) is 127 Å². The van der Waals surface area contributed by atoms with Crippen LogP contribution in [-0.2, 0) is 0 Å². The van der Waals surface area contributed by atoms with Gasteiger partial charge in [0, 0.05) is 107 Å². The summed E-state index contributed by atoms with van der Waals surface area (Å²) in [5.41, 5.74) is 7.51. The van der Waals surface area contributed by atoms with E-state index in [0.717, 1.165) is 0 Å². The van der Waals surface area contributed by atoms with Crippen molar-refractivity contribution < 1.29 is 0 Å². The molecule has 56 heavy (non-hydrogen) atoms. The van der Waals surface area contributed by atoms with Gasteiger partial charge >= 0.3 is 0 Å². The number of thiophene rings is 2. The summed E-state index contributed by atoms with van der Waals surface area (Å²) >= 11 is 3.82. The first-order valence-corrected chi connectivity index (χ1v) is 20.8. The highest BCUT2D eigenvalue weighted by atomic mass is 32.1. The van der Waals surface area contributed by atoms with Gasteiger partial charge in [0.1, 0.15) is 0 Å². The third-order valence-corrected chi connectivity index (χ3v) is 14.8. The van der Waals surface area contributed by atoms with Crippen LogP contribution in [0.25, 0.3) is 127 Å². The van der Waals surface area contributed by atoms with Crippen LogP contribution in [0.15, 0.2) is 170 Å². The van der Waals surface area contributed by atoms with Crippen LogP contribution in [0.5, 0.6) is 0 Å². The Hall–Kier alpha value is -6.72. The second-order valence-electron chi connectivity index (χ2n) is 15.3. The molecule has 0 saturated carbocycles. The molecule has 0 aliphatic carbocycles. The number of pyridine rings is 2. The topological polar surface area (TPSA) is 8.82 Å². The summed E-state index contributed by atoms with van der Waals surface area (Å²) in [6.45, 7) is 0. The maximum atomic E-state index is 2.45. The number of nitrogens with zero attached hydrogens (tertiary/aromatic N) is 2. The molecule has 0 saturated heterocycles. The number of fused-ring (bicyclic) bond motifs is 24. The molecule has 258 valence electrons. The summed E-state index contributed by atoms with van der Waals surface area (Å²) in [5.74, 6) is 0. The van der Waals surface area contributed by atoms with Gasteiger partial charge in [-0.15, -0.1) is 22.7 Å². The van der Waals surface area contributed by atoms with Gasteiger partial charge in [0.15, 0.2) is 0 Å². The molecule has 14 aromatic rings. The molecule has 14 rings (SSSR count). The molecule has 0 fully saturated rings. The lowest BCUT2D eigenvalue weighted by atomic mass is 9.95. The Morgan fingerprint density at radius 1 is 0.321 bits per heavy atom. The van der Waals surface area contributed by atoms with Gasteiger partial charge in [-0.3, -0.25) is 0 Å². The number of aromatic nitrogens is 2. The smallest absolute Gasteiger partial charge is 0.0614 e. The lowest BCUT2D eigenvalue weighted by Crippen LogP contribution is -1.91. The highest BCUT2D eigenvalue weighted by Gasteiger charge is 2.20. The first kappa shape index (κ1) is 29.6. The molecule has 0 aliphatic heterocycles. The van der Waals surface area contributed by atoms with E-state index in [1.54, 1.807) is 0 Å². The van der Waals surface area contributed by atoms with Crippen LogP contribution in [0.4, 0.5) is 0 Å². The molecule has 0 amide bonds. The lowest BCUT2D eigenvalue weighted by molar-refractivity contribution is 1.30. The van der Waals surface area contributed by atoms with Crippen molar-refractivity contribution in [2.75, 3.05) is 0 Å². The van der Waals surface area contributed by atoms with Gasteiger partial charge in [-0.25, -0.2) is 0 Å². The summed E-state index contributed by atoms with van der Waals surface area (Å²) in [6, 6.07) is 59.1. The monoisotopic (exact) mass is 744 g/mol. The third-order valence-electron chi connectivity index (χ3n) is 12.4. The summed E-state index contributed by atoms with van der Waals surface area (Å²) in [7, 11) is 0. The quantitative estimate of drug-likeness (QED) is 0.148. The van der Waals surface area contributed by atoms with Gasteiger partial charge in [-0.1, -0.05) is 121 Å². The largest absolute Gasteiger partial charge is 0.315 e. The van der Waals surface area contributed by atoms with E-state index >= 15 is 0 Å². The third kappa shape index (κ3) is 3.71. The van der Waals surface area contributed by atoms with Crippen molar-refractivity contribution in [3.63, 3.8) is 0 Å². The average Bonchev–Trinajstić information content (AvgIpc) is 4.03. The minimum absolute atomic E-state index is 1.23. The van der Waals surface area contributed by atoms with Gasteiger partial charge in [0.2, 0.25) is 0 Å². The minimum Gasteiger partial charge on any atom is -0.315 e. The van der Waals surface area contributed by atoms with Crippen molar-refractivity contribution >= 4 is 139 Å². The predicted octanol–water partition coefficient (Wildman–Crippen LogP) is 15.5. The van der Waals surface area contributed by atoms with Crippen LogP contribution in [0, 0.1) is 0 Å². The molecule has 0 N–H and O–H groups in total. The SMILES string of the molecule is c1ccc2c(c1)cn1c3ccccc3c3c(ccc4c5cc(-c6ccc7c8c(ccc9sc%10ccccc%10c98)c8c9ccccc9cn8c7c6)ccc5sc43)c21. The zero-order valence-corrected chi connectivity index (χ0v) is 31.5. The van der Waals surface area contributed by atoms with Crippen molar-refractivity contribution in [1.29, 1.82) is 0 Å². The summed E-state index contributed by atoms with van der Waals surface area (Å²) in [4.78, 5) is 0. The van der Waals surface area contributed by atoms with Crippen molar-refractivity contribution in [3.8, 4) is 11.1 Å². The molecule has 0 bridgehead atoms. The Morgan fingerprint density at radius 2 is 0.875 bits per heavy atom. The molecule has 0 atom stereocenters. The van der Waals surface area contributed by atoms with Gasteiger partial charge < -0.3 is 8.80 Å². The second kappa shape index (κ2) is 10.5. The predicted molar refractivity (Wildman–Crippen MR) is 245 cm³/mol. The van der Waals surface area contributed by atoms with Gasteiger partial charge in [0.25, 0.3) is 0 Å². The van der Waals surface area contributed by atoms with E-state index in [1.807, 2.05) is 22.7 Å². The van der Waals surface area contributed by atoms with Crippen molar-refractivity contribution in [1.82, 2.24) is 8.80 Å². The van der Waals surface area contributed by atoms with E-state index in [9.17, 15) is 0 Å². The van der Waals surface area contributed by atoms with Crippen molar-refractivity contribution in [3.05, 3.63) is 170 Å². The summed E-state index contributed by atoms with van der Waals surface area (Å²) in [5, 5.41) is 18.4. The first-order valence-electron chi connectivity index (χ1n) is 19.2. The molecule has 0 aliphatic rings. The fourth-order valence-electron chi connectivity index (χ4n) is 10.0. The van der Waals surface area contributed by atoms with Crippen molar-refractivity contribution in [2.45, 2.75) is 0 Å². The van der Waals surface area contributed by atoms with Gasteiger partial charge in [0.05, 0.1) is 22.1 Å². The lowest BCUT2D eigenvalue weighted by Gasteiger charge is -2.13. The first-order chi connectivity index (χ1) is 27.8. The fourth-order valence-corrected chi connectivity index (χ4v) is 12.4. The Balaban J connectivity index is 1.06. The zero-order valence-electron chi connectivity index (χ0n) is 29.9. The Kier molecular flexibility index (Phi) is 5.56. The number of rotatable bonds is 1. The van der Waals surface area contributed by atoms with Crippen LogP contribution < -0.4 is 0 Å². The van der Waals surface area contributed by atoms with E-state index in [-0.39, 0.29) is 0 Å². The molecule has 0 unspecified atom stereocenters. The molecule has 2 nitrogen and oxygen atoms in total. The van der Waals surface area contributed by atoms with Crippen molar-refractivity contribution in [2.24, 2.45) is 0 Å². The highest BCUT2D eigenvalue weighted by molar-refractivity contribution is 7.27. The normalized spacial score (nSPS) is 12.6. The number of benzene rings is 8. The fraction of sp³-hybridized carbons (Fsp3) is 0. The molecule has 0 radical (unpaired) electrons. The van der Waals surface area contributed by atoms with E-state index in [4.69, 9.17) is 0 Å². The minimum atomic E-state index is 1.23. The molecule has 6 aromatic heterocycles. The van der Waals surface area contributed by atoms with Crippen LogP contribution in [0.1, 0.15) is 0 Å². The van der Waals surface area contributed by atoms with Crippen LogP contribution in [-0.4, -0.2) is 8.80 Å². The van der Waals surface area contributed by atoms with E-state index < -0.39 is 0 Å². The second-order valence-corrected chi connectivity index (χ2v) is 17.4. The molecule has 4 heteroatoms. The molecule has 6 heterocycles. The maximum absolute atomic E-state index is 2.45. The number of hydrogen-bond donors (Lipinski definition) is 0. The Morgan fingerprint density at radius 3 is 1.70 bits per heavy atom. The van der Waals surface area contributed by atoms with Crippen LogP contribution in [0.3, 0.4) is 0 Å². The van der Waals surface area contributed by atoms with Gasteiger partial charge in [-0.05, 0) is 47.5 Å². The summed E-state index contributed by atoms with van der Waals surface area (Å²) in [6.07, 6.45) is 4.64. The van der Waals surface area contributed by atoms with Crippen LogP contribution >= 0.6 is 22.7 Å². The molecule has 0 spiro atoms. The number of hydrogen-bond acceptors (Lipinski definition) is 2. The van der Waals surface area contributed by atoms with Gasteiger partial charge in [-0.2, -0.15) is 0 Å².